The maximum absolute atomic E-state index is 12.2. The first kappa shape index (κ1) is 21.7. The normalized spacial score (nSPS) is 10.3. The Morgan fingerprint density at radius 2 is 1.40 bits per heavy atom. The van der Waals surface area contributed by atoms with Gasteiger partial charge in [-0.25, -0.2) is 4.79 Å². The molecule has 30 heavy (non-hydrogen) atoms. The van der Waals surface area contributed by atoms with E-state index >= 15 is 0 Å². The largest absolute Gasteiger partial charge is 0.457 e. The number of benzene rings is 3. The van der Waals surface area contributed by atoms with E-state index in [1.807, 2.05) is 0 Å². The molecule has 0 aliphatic rings. The summed E-state index contributed by atoms with van der Waals surface area (Å²) < 4.78 is 11.2. The minimum absolute atomic E-state index is 0.0510. The van der Waals surface area contributed by atoms with Gasteiger partial charge in [-0.1, -0.05) is 39.7 Å². The van der Waals surface area contributed by atoms with Crippen LogP contribution in [0.15, 0.2) is 77.3 Å². The molecule has 0 spiro atoms. The van der Waals surface area contributed by atoms with Crippen LogP contribution in [0, 0.1) is 0 Å². The summed E-state index contributed by atoms with van der Waals surface area (Å²) in [5.74, 6) is -1.06. The Hall–Kier alpha value is -2.96. The molecule has 0 saturated carbocycles. The average molecular weight is 488 g/mol. The van der Waals surface area contributed by atoms with Crippen LogP contribution in [0.25, 0.3) is 0 Å². The fourth-order valence-corrected chi connectivity index (χ4v) is 2.90. The summed E-state index contributed by atoms with van der Waals surface area (Å²) in [4.78, 5) is 36.2. The third-order valence-corrected chi connectivity index (χ3v) is 4.87. The Labute approximate surface area is 186 Å². The molecule has 0 bridgehead atoms. The summed E-state index contributed by atoms with van der Waals surface area (Å²) in [7, 11) is 0. The molecule has 0 atom stereocenters. The van der Waals surface area contributed by atoms with E-state index in [-0.39, 0.29) is 18.8 Å². The molecule has 3 rings (SSSR count). The van der Waals surface area contributed by atoms with Crippen molar-refractivity contribution in [3.8, 4) is 5.75 Å². The first-order valence-electron chi connectivity index (χ1n) is 8.92. The van der Waals surface area contributed by atoms with Crippen LogP contribution < -0.4 is 4.74 Å². The van der Waals surface area contributed by atoms with Gasteiger partial charge < -0.3 is 9.47 Å². The molecule has 0 saturated heterocycles. The number of hydrogen-bond acceptors (Lipinski definition) is 5. The first-order chi connectivity index (χ1) is 14.4. The zero-order chi connectivity index (χ0) is 21.5. The number of hydrogen-bond donors (Lipinski definition) is 0. The number of rotatable bonds is 7. The van der Waals surface area contributed by atoms with Crippen molar-refractivity contribution < 1.29 is 23.9 Å². The maximum atomic E-state index is 12.2. The van der Waals surface area contributed by atoms with Crippen LogP contribution in [0.3, 0.4) is 0 Å². The van der Waals surface area contributed by atoms with Gasteiger partial charge in [0.2, 0.25) is 0 Å². The summed E-state index contributed by atoms with van der Waals surface area (Å²) in [6.45, 7) is -0.371. The van der Waals surface area contributed by atoms with E-state index < -0.39 is 11.9 Å². The van der Waals surface area contributed by atoms with Crippen molar-refractivity contribution >= 4 is 45.3 Å². The average Bonchev–Trinajstić information content (AvgIpc) is 2.74. The van der Waals surface area contributed by atoms with E-state index in [1.165, 1.54) is 24.3 Å². The van der Waals surface area contributed by atoms with Crippen LogP contribution in [0.1, 0.15) is 26.3 Å². The Morgan fingerprint density at radius 1 is 0.800 bits per heavy atom. The van der Waals surface area contributed by atoms with Crippen LogP contribution in [0.5, 0.6) is 5.75 Å². The van der Waals surface area contributed by atoms with Crippen LogP contribution >= 0.6 is 27.5 Å². The van der Waals surface area contributed by atoms with Gasteiger partial charge >= 0.3 is 11.9 Å². The smallest absolute Gasteiger partial charge is 0.343 e. The van der Waals surface area contributed by atoms with Gasteiger partial charge in [-0.2, -0.15) is 0 Å². The van der Waals surface area contributed by atoms with Crippen molar-refractivity contribution in [1.82, 2.24) is 0 Å². The lowest BCUT2D eigenvalue weighted by molar-refractivity contribution is -0.141. The van der Waals surface area contributed by atoms with E-state index in [4.69, 9.17) is 21.1 Å². The van der Waals surface area contributed by atoms with Crippen LogP contribution in [-0.2, 0) is 16.0 Å². The molecule has 0 fully saturated rings. The quantitative estimate of drug-likeness (QED) is 0.257. The topological polar surface area (TPSA) is 69.7 Å². The third kappa shape index (κ3) is 6.27. The highest BCUT2D eigenvalue weighted by molar-refractivity contribution is 9.10. The fourth-order valence-electron chi connectivity index (χ4n) is 2.51. The van der Waals surface area contributed by atoms with Gasteiger partial charge in [-0.3, -0.25) is 9.59 Å². The Bertz CT molecular complexity index is 1040. The molecule has 0 aliphatic carbocycles. The molecule has 0 N–H and O–H groups in total. The van der Waals surface area contributed by atoms with Gasteiger partial charge in [0.25, 0.3) is 0 Å². The lowest BCUT2D eigenvalue weighted by Gasteiger charge is -2.07. The number of esters is 2. The summed E-state index contributed by atoms with van der Waals surface area (Å²) >= 11 is 9.11. The van der Waals surface area contributed by atoms with Gasteiger partial charge in [-0.15, -0.1) is 0 Å². The molecular weight excluding hydrogens is 472 g/mol. The van der Waals surface area contributed by atoms with Gasteiger partial charge in [0.1, 0.15) is 5.75 Å². The molecule has 5 nitrogen and oxygen atoms in total. The molecule has 0 unspecified atom stereocenters. The van der Waals surface area contributed by atoms with E-state index in [2.05, 4.69) is 15.9 Å². The highest BCUT2D eigenvalue weighted by atomic mass is 79.9. The number of carbonyl (C=O) groups is 3. The lowest BCUT2D eigenvalue weighted by Crippen LogP contribution is -2.15. The summed E-state index contributed by atoms with van der Waals surface area (Å²) in [5, 5.41) is 0.577. The standard InChI is InChI=1S/C23H16BrClO5/c24-18-7-3-17(4-8-18)23(28)30-20-11-5-16(6-12-20)21(26)14-29-22(27)13-15-1-9-19(25)10-2-15/h1-12H,13-14H2. The van der Waals surface area contributed by atoms with E-state index in [0.29, 0.717) is 21.9 Å². The van der Waals surface area contributed by atoms with Gasteiger partial charge in [0.05, 0.1) is 12.0 Å². The zero-order valence-corrected chi connectivity index (χ0v) is 18.0. The second-order valence-corrected chi connectivity index (χ2v) is 7.66. The maximum Gasteiger partial charge on any atom is 0.343 e. The van der Waals surface area contributed by atoms with E-state index in [0.717, 1.165) is 10.0 Å². The molecule has 3 aromatic rings. The highest BCUT2D eigenvalue weighted by Crippen LogP contribution is 2.17. The number of ether oxygens (including phenoxy) is 2. The molecule has 0 aromatic heterocycles. The fraction of sp³-hybridized carbons (Fsp3) is 0.0870. The molecule has 0 aliphatic heterocycles. The number of halogens is 2. The third-order valence-electron chi connectivity index (χ3n) is 4.09. The number of Topliss-reactive ketones (excluding diaryl/α,β-unsaturated/α-hetero) is 1. The van der Waals surface area contributed by atoms with Crippen molar-refractivity contribution in [1.29, 1.82) is 0 Å². The molecular formula is C23H16BrClO5. The Morgan fingerprint density at radius 3 is 2.03 bits per heavy atom. The Balaban J connectivity index is 1.50. The van der Waals surface area contributed by atoms with E-state index in [9.17, 15) is 14.4 Å². The summed E-state index contributed by atoms with van der Waals surface area (Å²) in [6, 6.07) is 19.6. The van der Waals surface area contributed by atoms with Crippen molar-refractivity contribution in [3.63, 3.8) is 0 Å². The molecule has 0 heterocycles. The zero-order valence-electron chi connectivity index (χ0n) is 15.6. The van der Waals surface area contributed by atoms with Crippen molar-refractivity contribution in [2.24, 2.45) is 0 Å². The van der Waals surface area contributed by atoms with E-state index in [1.54, 1.807) is 48.5 Å². The molecule has 152 valence electrons. The number of carbonyl (C=O) groups excluding carboxylic acids is 3. The monoisotopic (exact) mass is 486 g/mol. The van der Waals surface area contributed by atoms with Crippen molar-refractivity contribution in [2.75, 3.05) is 6.61 Å². The van der Waals surface area contributed by atoms with Gasteiger partial charge in [0.15, 0.2) is 12.4 Å². The predicted molar refractivity (Wildman–Crippen MR) is 116 cm³/mol. The Kier molecular flexibility index (Phi) is 7.38. The molecule has 0 radical (unpaired) electrons. The predicted octanol–water partition coefficient (Wildman–Crippen LogP) is 5.29. The summed E-state index contributed by atoms with van der Waals surface area (Å²) in [5.41, 5.74) is 1.50. The van der Waals surface area contributed by atoms with Gasteiger partial charge in [-0.05, 0) is 66.2 Å². The summed E-state index contributed by atoms with van der Waals surface area (Å²) in [6.07, 6.45) is 0.0510. The second-order valence-electron chi connectivity index (χ2n) is 6.31. The highest BCUT2D eigenvalue weighted by Gasteiger charge is 2.12. The minimum atomic E-state index is -0.509. The molecule has 3 aromatic carbocycles. The SMILES string of the molecule is O=C(Cc1ccc(Cl)cc1)OCC(=O)c1ccc(OC(=O)c2ccc(Br)cc2)cc1. The number of ketones is 1. The van der Waals surface area contributed by atoms with Crippen molar-refractivity contribution in [3.05, 3.63) is 99.0 Å². The van der Waals surface area contributed by atoms with Crippen LogP contribution in [0.2, 0.25) is 5.02 Å². The molecule has 7 heteroatoms. The van der Waals surface area contributed by atoms with Crippen LogP contribution in [-0.4, -0.2) is 24.3 Å². The first-order valence-corrected chi connectivity index (χ1v) is 10.1. The minimum Gasteiger partial charge on any atom is -0.457 e. The van der Waals surface area contributed by atoms with Gasteiger partial charge in [0, 0.05) is 15.1 Å². The molecule has 0 amide bonds. The van der Waals surface area contributed by atoms with Crippen LogP contribution in [0.4, 0.5) is 0 Å². The lowest BCUT2D eigenvalue weighted by atomic mass is 10.1. The van der Waals surface area contributed by atoms with Crippen molar-refractivity contribution in [2.45, 2.75) is 6.42 Å². The second kappa shape index (κ2) is 10.2.